The number of fused-ring (bicyclic) bond motifs is 1. The number of rotatable bonds is 5. The molecule has 2 heterocycles. The molecule has 2 aliphatic rings. The maximum absolute atomic E-state index is 11.9. The van der Waals surface area contributed by atoms with E-state index in [4.69, 9.17) is 10.5 Å². The lowest BCUT2D eigenvalue weighted by Crippen LogP contribution is -2.68. The van der Waals surface area contributed by atoms with Gasteiger partial charge < -0.3 is 15.6 Å². The highest BCUT2D eigenvalue weighted by Crippen LogP contribution is 2.44. The van der Waals surface area contributed by atoms with Crippen LogP contribution in [0.5, 0.6) is 0 Å². The first-order valence-electron chi connectivity index (χ1n) is 7.55. The van der Waals surface area contributed by atoms with Crippen LogP contribution in [0.3, 0.4) is 0 Å². The Morgan fingerprint density at radius 3 is 2.68 bits per heavy atom. The van der Waals surface area contributed by atoms with E-state index in [0.29, 0.717) is 22.8 Å². The first kappa shape index (κ1) is 17.8. The van der Waals surface area contributed by atoms with Crippen molar-refractivity contribution in [3.05, 3.63) is 40.4 Å². The molecule has 1 fully saturated rings. The first-order valence-corrected chi connectivity index (χ1v) is 9.42. The monoisotopic (exact) mass is 380 g/mol. The Kier molecular flexibility index (Phi) is 5.07. The number of thioether (sulfide) groups is 2. The number of β-lactam (4-membered cyclic amide) rings is 1. The first-order chi connectivity index (χ1) is 11.9. The van der Waals surface area contributed by atoms with E-state index in [1.165, 1.54) is 28.4 Å². The lowest BCUT2D eigenvalue weighted by atomic mass is 10.1. The zero-order chi connectivity index (χ0) is 18.1. The van der Waals surface area contributed by atoms with E-state index in [9.17, 15) is 19.5 Å². The van der Waals surface area contributed by atoms with Gasteiger partial charge in [-0.25, -0.2) is 9.59 Å². The molecule has 0 aromatic heterocycles. The Hall–Kier alpha value is -1.97. The number of hydrogen-bond donors (Lipinski definition) is 2. The Morgan fingerprint density at radius 2 is 2.08 bits per heavy atom. The van der Waals surface area contributed by atoms with Crippen molar-refractivity contribution in [3.63, 3.8) is 0 Å². The second kappa shape index (κ2) is 7.11. The van der Waals surface area contributed by atoms with Gasteiger partial charge in [-0.2, -0.15) is 0 Å². The topological polar surface area (TPSA) is 110 Å². The van der Waals surface area contributed by atoms with Crippen LogP contribution in [0.4, 0.5) is 0 Å². The molecule has 1 amide bonds. The van der Waals surface area contributed by atoms with Gasteiger partial charge in [-0.15, -0.1) is 11.8 Å². The summed E-state index contributed by atoms with van der Waals surface area (Å²) in [6, 6.07) is 6.07. The number of carbonyl (C=O) groups is 3. The van der Waals surface area contributed by atoms with Crippen molar-refractivity contribution in [2.24, 2.45) is 5.73 Å². The number of carbonyl (C=O) groups excluding carboxylic acids is 2. The lowest BCUT2D eigenvalue weighted by molar-refractivity contribution is -0.147. The third-order valence-electron chi connectivity index (χ3n) is 3.78. The molecule has 1 saturated heterocycles. The molecule has 25 heavy (non-hydrogen) atoms. The molecule has 7 nitrogen and oxygen atoms in total. The van der Waals surface area contributed by atoms with Gasteiger partial charge >= 0.3 is 11.9 Å². The number of ether oxygens (including phenoxy) is 1. The molecule has 0 aliphatic carbocycles. The molecule has 132 valence electrons. The van der Waals surface area contributed by atoms with Crippen molar-refractivity contribution < 1.29 is 24.2 Å². The fourth-order valence-electron chi connectivity index (χ4n) is 2.58. The summed E-state index contributed by atoms with van der Waals surface area (Å²) in [5.74, 6) is -1.45. The Morgan fingerprint density at radius 1 is 1.40 bits per heavy atom. The summed E-state index contributed by atoms with van der Waals surface area (Å²) >= 11 is 2.72. The van der Waals surface area contributed by atoms with Gasteiger partial charge in [0.25, 0.3) is 0 Å². The van der Waals surface area contributed by atoms with Crippen LogP contribution in [0, 0.1) is 0 Å². The minimum atomic E-state index is -1.14. The van der Waals surface area contributed by atoms with E-state index in [1.54, 1.807) is 31.2 Å². The zero-order valence-electron chi connectivity index (χ0n) is 13.3. The third kappa shape index (κ3) is 3.26. The summed E-state index contributed by atoms with van der Waals surface area (Å²) in [4.78, 5) is 37.8. The van der Waals surface area contributed by atoms with Gasteiger partial charge in [-0.3, -0.25) is 9.69 Å². The average molecular weight is 380 g/mol. The van der Waals surface area contributed by atoms with Crippen LogP contribution in [0.15, 0.2) is 39.8 Å². The molecule has 9 heteroatoms. The average Bonchev–Trinajstić information content (AvgIpc) is 2.61. The second-order valence-corrected chi connectivity index (χ2v) is 7.63. The maximum Gasteiger partial charge on any atom is 0.353 e. The number of benzene rings is 1. The van der Waals surface area contributed by atoms with Crippen LogP contribution in [0.2, 0.25) is 0 Å². The number of amides is 1. The van der Waals surface area contributed by atoms with Gasteiger partial charge in [-0.1, -0.05) is 11.8 Å². The van der Waals surface area contributed by atoms with Crippen LogP contribution >= 0.6 is 23.5 Å². The van der Waals surface area contributed by atoms with Gasteiger partial charge in [0.05, 0.1) is 12.2 Å². The summed E-state index contributed by atoms with van der Waals surface area (Å²) in [7, 11) is 0. The highest BCUT2D eigenvalue weighted by atomic mass is 32.2. The van der Waals surface area contributed by atoms with E-state index >= 15 is 0 Å². The van der Waals surface area contributed by atoms with Gasteiger partial charge in [0.2, 0.25) is 5.91 Å². The predicted molar refractivity (Wildman–Crippen MR) is 94.0 cm³/mol. The molecule has 3 rings (SSSR count). The normalized spacial score (nSPS) is 22.3. The molecule has 2 atom stereocenters. The Bertz CT molecular complexity index is 762. The summed E-state index contributed by atoms with van der Waals surface area (Å²) in [5, 5.41) is 9.20. The molecule has 0 bridgehead atoms. The minimum absolute atomic E-state index is 0.00470. The van der Waals surface area contributed by atoms with Crippen LogP contribution in [-0.4, -0.2) is 51.6 Å². The predicted octanol–water partition coefficient (Wildman–Crippen LogP) is 1.49. The van der Waals surface area contributed by atoms with Crippen molar-refractivity contribution in [2.45, 2.75) is 23.2 Å². The molecular weight excluding hydrogens is 364 g/mol. The Labute approximate surface area is 152 Å². The van der Waals surface area contributed by atoms with Gasteiger partial charge in [0, 0.05) is 15.6 Å². The van der Waals surface area contributed by atoms with Crippen molar-refractivity contribution in [1.29, 1.82) is 0 Å². The number of esters is 1. The van der Waals surface area contributed by atoms with E-state index in [1.807, 2.05) is 0 Å². The summed E-state index contributed by atoms with van der Waals surface area (Å²) in [6.45, 7) is 2.04. The van der Waals surface area contributed by atoms with Crippen molar-refractivity contribution in [1.82, 2.24) is 4.90 Å². The smallest absolute Gasteiger partial charge is 0.353 e. The summed E-state index contributed by atoms with van der Waals surface area (Å²) in [6.07, 6.45) is 0. The molecule has 0 radical (unpaired) electrons. The van der Waals surface area contributed by atoms with Crippen molar-refractivity contribution in [2.75, 3.05) is 12.4 Å². The maximum atomic E-state index is 11.9. The number of aliphatic carboxylic acids is 1. The van der Waals surface area contributed by atoms with Gasteiger partial charge in [0.15, 0.2) is 0 Å². The van der Waals surface area contributed by atoms with Crippen LogP contribution < -0.4 is 5.73 Å². The quantitative estimate of drug-likeness (QED) is 0.584. The largest absolute Gasteiger partial charge is 0.477 e. The molecule has 0 unspecified atom stereocenters. The molecule has 3 N–H and O–H groups in total. The number of carboxylic acids is 1. The third-order valence-corrected chi connectivity index (χ3v) is 6.36. The fourth-order valence-corrected chi connectivity index (χ4v) is 5.00. The van der Waals surface area contributed by atoms with E-state index in [-0.39, 0.29) is 17.0 Å². The number of hydrogen-bond acceptors (Lipinski definition) is 7. The van der Waals surface area contributed by atoms with Gasteiger partial charge in [-0.05, 0) is 31.2 Å². The minimum Gasteiger partial charge on any atom is -0.477 e. The highest BCUT2D eigenvalue weighted by Gasteiger charge is 2.51. The summed E-state index contributed by atoms with van der Waals surface area (Å²) < 4.78 is 4.93. The number of carboxylic acid groups (broad SMARTS) is 1. The van der Waals surface area contributed by atoms with E-state index in [0.717, 1.165) is 4.90 Å². The molecule has 0 saturated carbocycles. The Balaban J connectivity index is 1.82. The second-order valence-electron chi connectivity index (χ2n) is 5.36. The standard InChI is InChI=1S/C16H16N2O5S2/c1-2-23-16(22)8-3-5-9(6-4-8)25-10-7-24-14-11(17)13(19)18(14)12(10)15(20)21/h3-6,11,14H,2,7,17H2,1H3,(H,20,21)/t11-,14+/m1/s1. The fraction of sp³-hybridized carbons (Fsp3) is 0.312. The van der Waals surface area contributed by atoms with Gasteiger partial charge in [0.1, 0.15) is 17.1 Å². The lowest BCUT2D eigenvalue weighted by Gasteiger charge is -2.47. The van der Waals surface area contributed by atoms with Crippen molar-refractivity contribution >= 4 is 41.4 Å². The van der Waals surface area contributed by atoms with Crippen molar-refractivity contribution in [3.8, 4) is 0 Å². The van der Waals surface area contributed by atoms with Crippen LogP contribution in [0.1, 0.15) is 17.3 Å². The number of nitrogens with zero attached hydrogens (tertiary/aromatic N) is 1. The molecule has 2 aliphatic heterocycles. The summed E-state index contributed by atoms with van der Waals surface area (Å²) in [5.41, 5.74) is 6.15. The van der Waals surface area contributed by atoms with Crippen LogP contribution in [-0.2, 0) is 14.3 Å². The number of nitrogens with two attached hydrogens (primary N) is 1. The highest BCUT2D eigenvalue weighted by molar-refractivity contribution is 8.06. The molecule has 1 aromatic carbocycles. The molecular formula is C16H16N2O5S2. The van der Waals surface area contributed by atoms with E-state index in [2.05, 4.69) is 0 Å². The molecule has 1 aromatic rings. The van der Waals surface area contributed by atoms with Crippen LogP contribution in [0.25, 0.3) is 0 Å². The zero-order valence-corrected chi connectivity index (χ0v) is 14.9. The molecule has 0 spiro atoms. The SMILES string of the molecule is CCOC(=O)c1ccc(SC2=C(C(=O)O)N3C(=O)[C@@H](N)[C@@H]3SC2)cc1. The van der Waals surface area contributed by atoms with E-state index < -0.39 is 18.0 Å².